The van der Waals surface area contributed by atoms with E-state index in [2.05, 4.69) is 9.68 Å². The van der Waals surface area contributed by atoms with E-state index in [0.29, 0.717) is 11.5 Å². The standard InChI is InChI=1S/C21H28N4O3S2/c1-12-17(9-13-7-8-13)23-16-6-4-5-15(16)19(12)24-20(26)25-30(22,28)18-10-14(11-29-18)21(2,3)27/h10-11,13,27H,4-9H2,1-3H3,(H3,22,23,24,25,26,28)/t30-/m0/s1. The number of hydrogen-bond acceptors (Lipinski definition) is 5. The fourth-order valence-electron chi connectivity index (χ4n) is 3.79. The van der Waals surface area contributed by atoms with Gasteiger partial charge in [0.15, 0.2) is 9.92 Å². The van der Waals surface area contributed by atoms with Crippen LogP contribution >= 0.6 is 11.3 Å². The van der Waals surface area contributed by atoms with Crippen LogP contribution in [0.3, 0.4) is 0 Å². The molecule has 2 aliphatic carbocycles. The number of pyridine rings is 1. The van der Waals surface area contributed by atoms with Gasteiger partial charge < -0.3 is 10.4 Å². The van der Waals surface area contributed by atoms with Crippen molar-refractivity contribution < 1.29 is 14.1 Å². The molecule has 2 aliphatic rings. The first-order valence-corrected chi connectivity index (χ1v) is 12.7. The molecule has 162 valence electrons. The molecule has 7 nitrogen and oxygen atoms in total. The summed E-state index contributed by atoms with van der Waals surface area (Å²) in [5.74, 6) is 0.690. The minimum absolute atomic E-state index is 0.265. The number of fused-ring (bicyclic) bond motifs is 1. The van der Waals surface area contributed by atoms with Gasteiger partial charge in [0, 0.05) is 11.4 Å². The number of thiophene rings is 1. The molecule has 0 unspecified atom stereocenters. The molecule has 2 amide bonds. The van der Waals surface area contributed by atoms with Gasteiger partial charge in [0.05, 0.1) is 11.3 Å². The normalized spacial score (nSPS) is 18.0. The fraction of sp³-hybridized carbons (Fsp3) is 0.524. The topological polar surface area (TPSA) is 118 Å². The van der Waals surface area contributed by atoms with Crippen molar-refractivity contribution in [2.24, 2.45) is 15.4 Å². The number of urea groups is 1. The van der Waals surface area contributed by atoms with Crippen LogP contribution in [0.1, 0.15) is 61.2 Å². The van der Waals surface area contributed by atoms with Crippen LogP contribution in [0.15, 0.2) is 20.0 Å². The van der Waals surface area contributed by atoms with Crippen molar-refractivity contribution in [3.63, 3.8) is 0 Å². The average Bonchev–Trinajstić information content (AvgIpc) is 3.11. The molecule has 1 fully saturated rings. The number of anilines is 1. The van der Waals surface area contributed by atoms with Crippen molar-refractivity contribution in [2.75, 3.05) is 5.32 Å². The summed E-state index contributed by atoms with van der Waals surface area (Å²) in [6.07, 6.45) is 6.19. The molecule has 0 saturated heterocycles. The summed E-state index contributed by atoms with van der Waals surface area (Å²) in [7, 11) is -3.41. The minimum atomic E-state index is -3.41. The van der Waals surface area contributed by atoms with Crippen LogP contribution < -0.4 is 10.5 Å². The largest absolute Gasteiger partial charge is 0.386 e. The molecule has 1 atom stereocenters. The maximum Gasteiger partial charge on any atom is 0.354 e. The zero-order chi connectivity index (χ0) is 21.7. The average molecular weight is 449 g/mol. The maximum absolute atomic E-state index is 12.9. The van der Waals surface area contributed by atoms with Gasteiger partial charge in [0.25, 0.3) is 0 Å². The number of nitrogens with two attached hydrogens (primary N) is 1. The van der Waals surface area contributed by atoms with E-state index >= 15 is 0 Å². The van der Waals surface area contributed by atoms with Crippen molar-refractivity contribution in [2.45, 2.75) is 69.1 Å². The van der Waals surface area contributed by atoms with E-state index in [1.165, 1.54) is 12.8 Å². The van der Waals surface area contributed by atoms with Gasteiger partial charge in [-0.15, -0.1) is 15.7 Å². The second-order valence-electron chi connectivity index (χ2n) is 8.79. The molecule has 2 aromatic rings. The number of aryl methyl sites for hydroxylation is 1. The van der Waals surface area contributed by atoms with Gasteiger partial charge in [-0.05, 0) is 93.4 Å². The molecule has 9 heteroatoms. The zero-order valence-electron chi connectivity index (χ0n) is 17.5. The van der Waals surface area contributed by atoms with Crippen molar-refractivity contribution in [3.05, 3.63) is 39.5 Å². The zero-order valence-corrected chi connectivity index (χ0v) is 19.2. The summed E-state index contributed by atoms with van der Waals surface area (Å²) in [5.41, 5.74) is 4.36. The van der Waals surface area contributed by atoms with Gasteiger partial charge in [0.2, 0.25) is 0 Å². The van der Waals surface area contributed by atoms with Crippen LogP contribution in [-0.2, 0) is 34.8 Å². The van der Waals surface area contributed by atoms with E-state index in [4.69, 9.17) is 10.1 Å². The van der Waals surface area contributed by atoms with Gasteiger partial charge in [0.1, 0.15) is 4.21 Å². The van der Waals surface area contributed by atoms with Crippen LogP contribution in [0.4, 0.5) is 10.5 Å². The number of amides is 2. The molecule has 0 spiro atoms. The first-order valence-electron chi connectivity index (χ1n) is 10.2. The highest BCUT2D eigenvalue weighted by Crippen LogP contribution is 2.37. The molecule has 1 saturated carbocycles. The van der Waals surface area contributed by atoms with Crippen LogP contribution in [0, 0.1) is 12.8 Å². The Hall–Kier alpha value is -1.81. The number of nitrogens with zero attached hydrogens (tertiary/aromatic N) is 2. The van der Waals surface area contributed by atoms with Crippen molar-refractivity contribution in [3.8, 4) is 0 Å². The van der Waals surface area contributed by atoms with Crippen LogP contribution in [0.2, 0.25) is 0 Å². The maximum atomic E-state index is 12.9. The predicted molar refractivity (Wildman–Crippen MR) is 119 cm³/mol. The van der Waals surface area contributed by atoms with Crippen molar-refractivity contribution in [1.29, 1.82) is 0 Å². The van der Waals surface area contributed by atoms with Gasteiger partial charge in [-0.25, -0.2) is 14.1 Å². The molecule has 0 radical (unpaired) electrons. The summed E-state index contributed by atoms with van der Waals surface area (Å²) in [5, 5.41) is 20.6. The van der Waals surface area contributed by atoms with Crippen molar-refractivity contribution >= 4 is 33.0 Å². The third kappa shape index (κ3) is 4.44. The Bertz CT molecular complexity index is 1120. The number of hydrogen-bond donors (Lipinski definition) is 3. The molecule has 30 heavy (non-hydrogen) atoms. The predicted octanol–water partition coefficient (Wildman–Crippen LogP) is 4.05. The highest BCUT2D eigenvalue weighted by atomic mass is 32.2. The molecule has 0 aliphatic heterocycles. The molecular formula is C21H28N4O3S2. The molecule has 2 aromatic heterocycles. The quantitative estimate of drug-likeness (QED) is 0.639. The number of aliphatic hydroxyl groups is 1. The molecule has 0 bridgehead atoms. The van der Waals surface area contributed by atoms with E-state index in [9.17, 15) is 14.1 Å². The second-order valence-corrected chi connectivity index (χ2v) is 11.7. The van der Waals surface area contributed by atoms with Crippen LogP contribution in [-0.4, -0.2) is 20.3 Å². The fourth-order valence-corrected chi connectivity index (χ4v) is 6.07. The lowest BCUT2D eigenvalue weighted by Gasteiger charge is -2.16. The van der Waals surface area contributed by atoms with Gasteiger partial charge >= 0.3 is 6.03 Å². The lowest BCUT2D eigenvalue weighted by atomic mass is 10.0. The van der Waals surface area contributed by atoms with Gasteiger partial charge in [-0.2, -0.15) is 0 Å². The highest BCUT2D eigenvalue weighted by molar-refractivity contribution is 7.93. The Morgan fingerprint density at radius 3 is 2.80 bits per heavy atom. The summed E-state index contributed by atoms with van der Waals surface area (Å²) in [6.45, 7) is 5.24. The first kappa shape index (κ1) is 21.4. The lowest BCUT2D eigenvalue weighted by Crippen LogP contribution is -2.19. The molecule has 4 rings (SSSR count). The second kappa shape index (κ2) is 7.71. The number of carbonyl (C=O) groups excluding carboxylic acids is 1. The Labute approximate surface area is 181 Å². The lowest BCUT2D eigenvalue weighted by molar-refractivity contribution is 0.0789. The molecule has 0 aromatic carbocycles. The summed E-state index contributed by atoms with van der Waals surface area (Å²) in [6, 6.07) is 0.828. The number of carbonyl (C=O) groups is 1. The molecular weight excluding hydrogens is 420 g/mol. The number of rotatable bonds is 5. The Morgan fingerprint density at radius 1 is 1.43 bits per heavy atom. The van der Waals surface area contributed by atoms with E-state index in [1.54, 1.807) is 25.3 Å². The van der Waals surface area contributed by atoms with Crippen molar-refractivity contribution in [1.82, 2.24) is 4.98 Å². The summed E-state index contributed by atoms with van der Waals surface area (Å²) in [4.78, 5) is 17.6. The summed E-state index contributed by atoms with van der Waals surface area (Å²) >= 11 is 1.13. The van der Waals surface area contributed by atoms with E-state index in [0.717, 1.165) is 65.2 Å². The Kier molecular flexibility index (Phi) is 5.50. The third-order valence-electron chi connectivity index (χ3n) is 5.77. The van der Waals surface area contributed by atoms with Gasteiger partial charge in [-0.1, -0.05) is 0 Å². The Balaban J connectivity index is 1.63. The molecule has 2 heterocycles. The number of aromatic nitrogens is 1. The van der Waals surface area contributed by atoms with E-state index in [1.807, 2.05) is 6.92 Å². The highest BCUT2D eigenvalue weighted by Gasteiger charge is 2.28. The smallest absolute Gasteiger partial charge is 0.354 e. The van der Waals surface area contributed by atoms with Gasteiger partial charge in [-0.3, -0.25) is 4.98 Å². The number of nitrogens with one attached hydrogen (secondary N) is 1. The monoisotopic (exact) mass is 448 g/mol. The van der Waals surface area contributed by atoms with Crippen LogP contribution in [0.25, 0.3) is 0 Å². The first-order chi connectivity index (χ1) is 14.0. The Morgan fingerprint density at radius 2 is 2.17 bits per heavy atom. The third-order valence-corrected chi connectivity index (χ3v) is 8.63. The van der Waals surface area contributed by atoms with Crippen LogP contribution in [0.5, 0.6) is 0 Å². The van der Waals surface area contributed by atoms with E-state index in [-0.39, 0.29) is 4.21 Å². The summed E-state index contributed by atoms with van der Waals surface area (Å²) < 4.78 is 17.0. The minimum Gasteiger partial charge on any atom is -0.386 e. The SMILES string of the molecule is Cc1c(CC2CC2)nc2c(c1NC(=O)N=[S@](N)(=O)c1cc(C(C)(C)O)cs1)CCC2. The molecule has 4 N–H and O–H groups in total. The van der Waals surface area contributed by atoms with E-state index < -0.39 is 21.5 Å².